The zero-order chi connectivity index (χ0) is 16.1. The molecule has 2 aromatic carbocycles. The molecule has 0 saturated heterocycles. The predicted octanol–water partition coefficient (Wildman–Crippen LogP) is 3.44. The number of hydrogen-bond acceptors (Lipinski definition) is 4. The second-order valence-electron chi connectivity index (χ2n) is 5.35. The molecular weight excluding hydrogens is 286 g/mol. The van der Waals surface area contributed by atoms with E-state index in [0.717, 1.165) is 27.9 Å². The highest BCUT2D eigenvalue weighted by Crippen LogP contribution is 2.22. The van der Waals surface area contributed by atoms with Crippen molar-refractivity contribution in [2.45, 2.75) is 13.2 Å². The molecule has 4 heteroatoms. The first kappa shape index (κ1) is 15.1. The number of nitrogens with one attached hydrogen (secondary N) is 1. The average Bonchev–Trinajstić information content (AvgIpc) is 2.61. The maximum Gasteiger partial charge on any atom is 0.146 e. The van der Waals surface area contributed by atoms with Gasteiger partial charge in [0, 0.05) is 12.7 Å². The molecule has 0 radical (unpaired) electrons. The van der Waals surface area contributed by atoms with E-state index < -0.39 is 0 Å². The summed E-state index contributed by atoms with van der Waals surface area (Å²) in [4.78, 5) is 4.07. The first-order chi connectivity index (χ1) is 11.3. The number of pyridine rings is 1. The minimum absolute atomic E-state index is 0.0510. The van der Waals surface area contributed by atoms with Crippen LogP contribution in [0.1, 0.15) is 11.1 Å². The van der Waals surface area contributed by atoms with Gasteiger partial charge in [-0.2, -0.15) is 0 Å². The quantitative estimate of drug-likeness (QED) is 0.675. The number of aliphatic hydroxyl groups excluding tert-OH is 1. The minimum atomic E-state index is 0.0510. The summed E-state index contributed by atoms with van der Waals surface area (Å²) in [7, 11) is 0. The molecule has 0 aliphatic heterocycles. The van der Waals surface area contributed by atoms with Gasteiger partial charge in [-0.1, -0.05) is 36.4 Å². The Morgan fingerprint density at radius 1 is 0.913 bits per heavy atom. The Balaban J connectivity index is 1.78. The standard InChI is InChI=1S/C19H19N3O/c20-19-18(8-3-9-21-19)22-12-14-4-1-6-16(10-14)17-7-2-5-15(11-17)13-23/h1-11,22-23H,12-13H2,(H2,20,21). The Bertz CT molecular complexity index is 802. The van der Waals surface area contributed by atoms with Gasteiger partial charge in [0.1, 0.15) is 5.82 Å². The van der Waals surface area contributed by atoms with Crippen LogP contribution in [0.3, 0.4) is 0 Å². The van der Waals surface area contributed by atoms with Crippen molar-refractivity contribution in [3.8, 4) is 11.1 Å². The van der Waals surface area contributed by atoms with Crippen LogP contribution in [0.2, 0.25) is 0 Å². The molecule has 0 aliphatic carbocycles. The molecule has 1 heterocycles. The summed E-state index contributed by atoms with van der Waals surface area (Å²) < 4.78 is 0. The Morgan fingerprint density at radius 3 is 2.30 bits per heavy atom. The van der Waals surface area contributed by atoms with Crippen LogP contribution < -0.4 is 11.1 Å². The molecule has 0 unspecified atom stereocenters. The first-order valence-electron chi connectivity index (χ1n) is 7.50. The molecule has 0 atom stereocenters. The first-order valence-corrected chi connectivity index (χ1v) is 7.50. The largest absolute Gasteiger partial charge is 0.392 e. The molecule has 23 heavy (non-hydrogen) atoms. The second kappa shape index (κ2) is 6.94. The number of hydrogen-bond donors (Lipinski definition) is 3. The van der Waals surface area contributed by atoms with Gasteiger partial charge in [-0.25, -0.2) is 4.98 Å². The monoisotopic (exact) mass is 305 g/mol. The number of benzene rings is 2. The van der Waals surface area contributed by atoms with Crippen molar-refractivity contribution in [2.24, 2.45) is 0 Å². The summed E-state index contributed by atoms with van der Waals surface area (Å²) in [5.41, 5.74) is 11.0. The van der Waals surface area contributed by atoms with Gasteiger partial charge in [-0.15, -0.1) is 0 Å². The zero-order valence-electron chi connectivity index (χ0n) is 12.7. The summed E-state index contributed by atoms with van der Waals surface area (Å²) in [5, 5.41) is 12.6. The lowest BCUT2D eigenvalue weighted by Gasteiger charge is -2.10. The fourth-order valence-electron chi connectivity index (χ4n) is 2.47. The average molecular weight is 305 g/mol. The molecule has 0 amide bonds. The Hall–Kier alpha value is -2.85. The van der Waals surface area contributed by atoms with Gasteiger partial charge in [0.25, 0.3) is 0 Å². The number of anilines is 2. The number of aliphatic hydroxyl groups is 1. The van der Waals surface area contributed by atoms with Gasteiger partial charge >= 0.3 is 0 Å². The molecule has 0 fully saturated rings. The van der Waals surface area contributed by atoms with Crippen molar-refractivity contribution in [2.75, 3.05) is 11.1 Å². The Morgan fingerprint density at radius 2 is 1.61 bits per heavy atom. The topological polar surface area (TPSA) is 71.2 Å². The summed E-state index contributed by atoms with van der Waals surface area (Å²) >= 11 is 0. The number of aromatic nitrogens is 1. The van der Waals surface area contributed by atoms with Crippen molar-refractivity contribution >= 4 is 11.5 Å². The summed E-state index contributed by atoms with van der Waals surface area (Å²) in [6, 6.07) is 20.0. The van der Waals surface area contributed by atoms with Gasteiger partial charge in [0.2, 0.25) is 0 Å². The highest BCUT2D eigenvalue weighted by molar-refractivity contribution is 5.65. The lowest BCUT2D eigenvalue weighted by Crippen LogP contribution is -2.03. The van der Waals surface area contributed by atoms with E-state index in [1.807, 2.05) is 42.5 Å². The van der Waals surface area contributed by atoms with Gasteiger partial charge in [0.15, 0.2) is 0 Å². The Labute approximate surface area is 135 Å². The van der Waals surface area contributed by atoms with Crippen LogP contribution in [0, 0.1) is 0 Å². The third kappa shape index (κ3) is 3.67. The van der Waals surface area contributed by atoms with Crippen LogP contribution in [-0.4, -0.2) is 10.1 Å². The predicted molar refractivity (Wildman–Crippen MR) is 93.8 cm³/mol. The zero-order valence-corrected chi connectivity index (χ0v) is 12.7. The molecule has 0 bridgehead atoms. The van der Waals surface area contributed by atoms with E-state index in [1.54, 1.807) is 6.20 Å². The summed E-state index contributed by atoms with van der Waals surface area (Å²) in [6.07, 6.45) is 1.68. The van der Waals surface area contributed by atoms with Crippen LogP contribution in [0.5, 0.6) is 0 Å². The second-order valence-corrected chi connectivity index (χ2v) is 5.35. The molecule has 3 aromatic rings. The lowest BCUT2D eigenvalue weighted by atomic mass is 10.0. The molecule has 0 aliphatic rings. The van der Waals surface area contributed by atoms with Crippen molar-refractivity contribution in [3.05, 3.63) is 78.0 Å². The van der Waals surface area contributed by atoms with Gasteiger partial charge < -0.3 is 16.2 Å². The Kier molecular flexibility index (Phi) is 4.54. The van der Waals surface area contributed by atoms with Crippen LogP contribution in [0.15, 0.2) is 66.9 Å². The van der Waals surface area contributed by atoms with Crippen LogP contribution in [-0.2, 0) is 13.2 Å². The van der Waals surface area contributed by atoms with E-state index in [4.69, 9.17) is 5.73 Å². The van der Waals surface area contributed by atoms with Gasteiger partial charge in [-0.05, 0) is 46.5 Å². The summed E-state index contributed by atoms with van der Waals surface area (Å²) in [5.74, 6) is 0.499. The third-order valence-electron chi connectivity index (χ3n) is 3.69. The maximum atomic E-state index is 9.27. The number of rotatable bonds is 5. The van der Waals surface area contributed by atoms with Crippen LogP contribution in [0.25, 0.3) is 11.1 Å². The van der Waals surface area contributed by atoms with Gasteiger partial charge in [0.05, 0.1) is 12.3 Å². The number of nitrogens with zero attached hydrogens (tertiary/aromatic N) is 1. The molecule has 1 aromatic heterocycles. The van der Waals surface area contributed by atoms with Crippen molar-refractivity contribution < 1.29 is 5.11 Å². The highest BCUT2D eigenvalue weighted by atomic mass is 16.3. The fraction of sp³-hybridized carbons (Fsp3) is 0.105. The van der Waals surface area contributed by atoms with Gasteiger partial charge in [-0.3, -0.25) is 0 Å². The van der Waals surface area contributed by atoms with Crippen molar-refractivity contribution in [1.29, 1.82) is 0 Å². The van der Waals surface area contributed by atoms with Crippen LogP contribution >= 0.6 is 0 Å². The lowest BCUT2D eigenvalue weighted by molar-refractivity contribution is 0.282. The normalized spacial score (nSPS) is 10.5. The molecule has 3 rings (SSSR count). The smallest absolute Gasteiger partial charge is 0.146 e. The molecule has 116 valence electrons. The van der Waals surface area contributed by atoms with E-state index >= 15 is 0 Å². The van der Waals surface area contributed by atoms with Crippen molar-refractivity contribution in [1.82, 2.24) is 4.98 Å². The van der Waals surface area contributed by atoms with E-state index in [1.165, 1.54) is 0 Å². The third-order valence-corrected chi connectivity index (χ3v) is 3.69. The van der Waals surface area contributed by atoms with Crippen LogP contribution in [0.4, 0.5) is 11.5 Å². The molecule has 0 spiro atoms. The fourth-order valence-corrected chi connectivity index (χ4v) is 2.47. The molecule has 4 nitrogen and oxygen atoms in total. The van der Waals surface area contributed by atoms with Crippen molar-refractivity contribution in [3.63, 3.8) is 0 Å². The minimum Gasteiger partial charge on any atom is -0.392 e. The highest BCUT2D eigenvalue weighted by Gasteiger charge is 2.02. The maximum absolute atomic E-state index is 9.27. The number of nitrogen functional groups attached to an aromatic ring is 1. The number of nitrogens with two attached hydrogens (primary N) is 1. The van der Waals surface area contributed by atoms with E-state index in [9.17, 15) is 5.11 Å². The molecule has 4 N–H and O–H groups in total. The van der Waals surface area contributed by atoms with E-state index in [0.29, 0.717) is 12.4 Å². The summed E-state index contributed by atoms with van der Waals surface area (Å²) in [6.45, 7) is 0.721. The SMILES string of the molecule is Nc1ncccc1NCc1cccc(-c2cccc(CO)c2)c1. The van der Waals surface area contributed by atoms with E-state index in [2.05, 4.69) is 28.5 Å². The molecule has 0 saturated carbocycles. The van der Waals surface area contributed by atoms with E-state index in [-0.39, 0.29) is 6.61 Å². The molecular formula is C19H19N3O.